The van der Waals surface area contributed by atoms with Gasteiger partial charge in [-0.25, -0.2) is 4.39 Å². The van der Waals surface area contributed by atoms with E-state index in [-0.39, 0.29) is 16.9 Å². The van der Waals surface area contributed by atoms with Gasteiger partial charge in [-0.3, -0.25) is 11.3 Å². The largest absolute Gasteiger partial charge is 0.271 e. The van der Waals surface area contributed by atoms with Crippen molar-refractivity contribution in [2.75, 3.05) is 0 Å². The molecule has 2 saturated carbocycles. The lowest BCUT2D eigenvalue weighted by molar-refractivity contribution is 0.409. The summed E-state index contributed by atoms with van der Waals surface area (Å²) in [7, 11) is 0. The summed E-state index contributed by atoms with van der Waals surface area (Å²) in [4.78, 5) is 0. The van der Waals surface area contributed by atoms with Crippen molar-refractivity contribution in [2.45, 2.75) is 31.7 Å². The second-order valence-electron chi connectivity index (χ2n) is 5.56. The summed E-state index contributed by atoms with van der Waals surface area (Å²) >= 11 is 5.69. The van der Waals surface area contributed by atoms with Crippen LogP contribution in [0.3, 0.4) is 0 Å². The van der Waals surface area contributed by atoms with Gasteiger partial charge in [-0.15, -0.1) is 0 Å². The van der Waals surface area contributed by atoms with E-state index in [1.165, 1.54) is 25.3 Å². The monoisotopic (exact) mass is 268 g/mol. The van der Waals surface area contributed by atoms with E-state index in [0.29, 0.717) is 5.92 Å². The highest BCUT2D eigenvalue weighted by Crippen LogP contribution is 2.59. The van der Waals surface area contributed by atoms with E-state index in [1.54, 1.807) is 6.07 Å². The van der Waals surface area contributed by atoms with Crippen LogP contribution < -0.4 is 11.3 Å². The van der Waals surface area contributed by atoms with Crippen molar-refractivity contribution in [2.24, 2.45) is 23.6 Å². The van der Waals surface area contributed by atoms with Crippen LogP contribution in [0.2, 0.25) is 5.02 Å². The lowest BCUT2D eigenvalue weighted by Crippen LogP contribution is -2.39. The van der Waals surface area contributed by atoms with Gasteiger partial charge in [-0.05, 0) is 54.7 Å². The minimum Gasteiger partial charge on any atom is -0.271 e. The fraction of sp³-hybridized carbons (Fsp3) is 0.571. The predicted octanol–water partition coefficient (Wildman–Crippen LogP) is 2.90. The van der Waals surface area contributed by atoms with Gasteiger partial charge in [0.2, 0.25) is 0 Å². The molecule has 3 unspecified atom stereocenters. The molecule has 1 aromatic carbocycles. The maximum atomic E-state index is 13.4. The van der Waals surface area contributed by atoms with Crippen molar-refractivity contribution in [3.63, 3.8) is 0 Å². The van der Waals surface area contributed by atoms with Crippen molar-refractivity contribution in [3.05, 3.63) is 34.6 Å². The van der Waals surface area contributed by atoms with Crippen LogP contribution in [0.4, 0.5) is 4.39 Å². The molecule has 0 spiro atoms. The number of nitrogens with two attached hydrogens (primary N) is 1. The Morgan fingerprint density at radius 3 is 2.72 bits per heavy atom. The molecule has 2 nitrogen and oxygen atoms in total. The Bertz CT molecular complexity index is 441. The van der Waals surface area contributed by atoms with Crippen LogP contribution >= 0.6 is 11.6 Å². The molecule has 0 bridgehead atoms. The number of hydrogen-bond donors (Lipinski definition) is 2. The molecule has 2 fully saturated rings. The van der Waals surface area contributed by atoms with Gasteiger partial charge in [-0.1, -0.05) is 24.1 Å². The Morgan fingerprint density at radius 1 is 1.39 bits per heavy atom. The molecule has 18 heavy (non-hydrogen) atoms. The fourth-order valence-corrected chi connectivity index (χ4v) is 3.82. The zero-order chi connectivity index (χ0) is 12.7. The highest BCUT2D eigenvalue weighted by atomic mass is 35.5. The van der Waals surface area contributed by atoms with Crippen LogP contribution in [0.15, 0.2) is 18.2 Å². The molecular weight excluding hydrogens is 251 g/mol. The van der Waals surface area contributed by atoms with Crippen LogP contribution in [0.1, 0.15) is 24.8 Å². The zero-order valence-corrected chi connectivity index (χ0v) is 11.0. The van der Waals surface area contributed by atoms with Gasteiger partial charge in [-0.2, -0.15) is 0 Å². The Labute approximate surface area is 112 Å². The zero-order valence-electron chi connectivity index (χ0n) is 10.2. The molecule has 3 rings (SSSR count). The van der Waals surface area contributed by atoms with Gasteiger partial charge in [0.1, 0.15) is 5.82 Å². The van der Waals surface area contributed by atoms with E-state index >= 15 is 0 Å². The van der Waals surface area contributed by atoms with Crippen LogP contribution in [-0.4, -0.2) is 6.04 Å². The van der Waals surface area contributed by atoms with Crippen molar-refractivity contribution < 1.29 is 4.39 Å². The third kappa shape index (κ3) is 2.15. The van der Waals surface area contributed by atoms with Gasteiger partial charge in [0, 0.05) is 6.04 Å². The Balaban J connectivity index is 1.68. The van der Waals surface area contributed by atoms with Crippen molar-refractivity contribution in [1.29, 1.82) is 0 Å². The summed E-state index contributed by atoms with van der Waals surface area (Å²) in [6, 6.07) is 5.28. The van der Waals surface area contributed by atoms with E-state index < -0.39 is 0 Å². The molecule has 2 aliphatic carbocycles. The third-order valence-electron chi connectivity index (χ3n) is 4.59. The Kier molecular flexibility index (Phi) is 3.31. The van der Waals surface area contributed by atoms with Gasteiger partial charge >= 0.3 is 0 Å². The first-order valence-corrected chi connectivity index (χ1v) is 6.98. The van der Waals surface area contributed by atoms with Crippen molar-refractivity contribution in [3.8, 4) is 0 Å². The van der Waals surface area contributed by atoms with Crippen LogP contribution in [0, 0.1) is 23.6 Å². The van der Waals surface area contributed by atoms with Gasteiger partial charge < -0.3 is 0 Å². The first-order chi connectivity index (χ1) is 8.70. The molecule has 0 heterocycles. The topological polar surface area (TPSA) is 38.0 Å². The van der Waals surface area contributed by atoms with E-state index in [4.69, 9.17) is 17.4 Å². The number of halogens is 2. The first-order valence-electron chi connectivity index (χ1n) is 6.60. The molecule has 3 N–H and O–H groups in total. The van der Waals surface area contributed by atoms with E-state index in [0.717, 1.165) is 23.8 Å². The minimum atomic E-state index is -0.346. The normalized spacial score (nSPS) is 31.2. The quantitative estimate of drug-likeness (QED) is 0.651. The smallest absolute Gasteiger partial charge is 0.142 e. The van der Waals surface area contributed by atoms with Crippen molar-refractivity contribution >= 4 is 11.6 Å². The van der Waals surface area contributed by atoms with Crippen molar-refractivity contribution in [1.82, 2.24) is 5.43 Å². The number of benzene rings is 1. The highest BCUT2D eigenvalue weighted by Gasteiger charge is 2.55. The third-order valence-corrected chi connectivity index (χ3v) is 4.90. The summed E-state index contributed by atoms with van der Waals surface area (Å²) < 4.78 is 13.4. The molecule has 2 aliphatic rings. The van der Waals surface area contributed by atoms with Gasteiger partial charge in [0.15, 0.2) is 0 Å². The Hall–Kier alpha value is -0.640. The second-order valence-corrected chi connectivity index (χ2v) is 5.97. The standard InChI is InChI=1S/C14H18ClFN2/c15-11-5-4-8(6-12(11)16)7-13(18-17)14-9-2-1-3-10(9)14/h4-6,9-10,13-14,18H,1-3,7,17H2. The van der Waals surface area contributed by atoms with E-state index in [2.05, 4.69) is 5.43 Å². The highest BCUT2D eigenvalue weighted by molar-refractivity contribution is 6.30. The Morgan fingerprint density at radius 2 is 2.11 bits per heavy atom. The van der Waals surface area contributed by atoms with Crippen LogP contribution in [0.25, 0.3) is 0 Å². The number of rotatable bonds is 4. The van der Waals surface area contributed by atoms with Crippen LogP contribution in [-0.2, 0) is 6.42 Å². The summed E-state index contributed by atoms with van der Waals surface area (Å²) in [5.74, 6) is 7.70. The second kappa shape index (κ2) is 4.80. The lowest BCUT2D eigenvalue weighted by atomic mass is 9.97. The average molecular weight is 269 g/mol. The van der Waals surface area contributed by atoms with E-state index in [1.807, 2.05) is 6.07 Å². The molecule has 0 radical (unpaired) electrons. The summed E-state index contributed by atoms with van der Waals surface area (Å²) in [6.07, 6.45) is 4.81. The molecule has 3 atom stereocenters. The summed E-state index contributed by atoms with van der Waals surface area (Å²) in [6.45, 7) is 0. The van der Waals surface area contributed by atoms with Gasteiger partial charge in [0.25, 0.3) is 0 Å². The SMILES string of the molecule is NNC(Cc1ccc(Cl)c(F)c1)C1C2CCCC21. The number of hydrazine groups is 1. The fourth-order valence-electron chi connectivity index (χ4n) is 3.70. The van der Waals surface area contributed by atoms with E-state index in [9.17, 15) is 4.39 Å². The number of nitrogens with one attached hydrogen (secondary N) is 1. The molecule has 1 aromatic rings. The summed E-state index contributed by atoms with van der Waals surface area (Å²) in [5.41, 5.74) is 3.88. The number of fused-ring (bicyclic) bond motifs is 1. The maximum Gasteiger partial charge on any atom is 0.142 e. The molecule has 98 valence electrons. The molecule has 4 heteroatoms. The molecular formula is C14H18ClFN2. The molecule has 0 aliphatic heterocycles. The van der Waals surface area contributed by atoms with Crippen LogP contribution in [0.5, 0.6) is 0 Å². The molecule has 0 aromatic heterocycles. The first kappa shape index (κ1) is 12.4. The minimum absolute atomic E-state index is 0.180. The molecule has 0 saturated heterocycles. The lowest BCUT2D eigenvalue weighted by Gasteiger charge is -2.18. The average Bonchev–Trinajstić information content (AvgIpc) is 2.83. The predicted molar refractivity (Wildman–Crippen MR) is 70.5 cm³/mol. The summed E-state index contributed by atoms with van der Waals surface area (Å²) in [5, 5.41) is 0.180. The number of hydrogen-bond acceptors (Lipinski definition) is 2. The van der Waals surface area contributed by atoms with Gasteiger partial charge in [0.05, 0.1) is 5.02 Å². The maximum absolute atomic E-state index is 13.4. The molecule has 0 amide bonds.